The fourth-order valence-electron chi connectivity index (χ4n) is 2.76. The van der Waals surface area contributed by atoms with Gasteiger partial charge in [0.1, 0.15) is 12.2 Å². The van der Waals surface area contributed by atoms with Crippen LogP contribution < -0.4 is 5.01 Å². The lowest BCUT2D eigenvalue weighted by Gasteiger charge is -2.29. The van der Waals surface area contributed by atoms with E-state index in [4.69, 9.17) is 0 Å². The van der Waals surface area contributed by atoms with Crippen molar-refractivity contribution in [2.24, 2.45) is 0 Å². The van der Waals surface area contributed by atoms with Gasteiger partial charge in [-0.05, 0) is 24.3 Å². The molecule has 2 aromatic carbocycles. The summed E-state index contributed by atoms with van der Waals surface area (Å²) < 4.78 is 1.76. The van der Waals surface area contributed by atoms with Gasteiger partial charge in [0.2, 0.25) is 5.91 Å². The number of benzene rings is 2. The van der Waals surface area contributed by atoms with Crippen molar-refractivity contribution in [3.63, 3.8) is 0 Å². The minimum Gasteiger partial charge on any atom is -0.281 e. The fourth-order valence-corrected chi connectivity index (χ4v) is 2.76. The molecule has 22 heavy (non-hydrogen) atoms. The van der Waals surface area contributed by atoms with Crippen molar-refractivity contribution in [1.29, 1.82) is 0 Å². The Kier molecular flexibility index (Phi) is 3.00. The van der Waals surface area contributed by atoms with Crippen LogP contribution >= 0.6 is 0 Å². The summed E-state index contributed by atoms with van der Waals surface area (Å²) in [6.45, 7) is 1.06. The van der Waals surface area contributed by atoms with Crippen molar-refractivity contribution >= 4 is 22.6 Å². The van der Waals surface area contributed by atoms with Crippen LogP contribution in [0, 0.1) is 0 Å². The summed E-state index contributed by atoms with van der Waals surface area (Å²) in [7, 11) is 0. The summed E-state index contributed by atoms with van der Waals surface area (Å²) in [5, 5.41) is 12.0. The van der Waals surface area contributed by atoms with Crippen molar-refractivity contribution in [3.05, 3.63) is 54.6 Å². The number of aromatic nitrogens is 3. The van der Waals surface area contributed by atoms with E-state index in [1.165, 1.54) is 0 Å². The van der Waals surface area contributed by atoms with Gasteiger partial charge in [-0.1, -0.05) is 35.5 Å². The van der Waals surface area contributed by atoms with Gasteiger partial charge in [0.15, 0.2) is 0 Å². The molecule has 0 bridgehead atoms. The molecule has 6 nitrogen and oxygen atoms in total. The van der Waals surface area contributed by atoms with Crippen LogP contribution in [-0.4, -0.2) is 32.5 Å². The predicted octanol–water partition coefficient (Wildman–Crippen LogP) is 2.04. The van der Waals surface area contributed by atoms with Crippen LogP contribution in [0.2, 0.25) is 0 Å². The topological polar surface area (TPSA) is 54.3 Å². The summed E-state index contributed by atoms with van der Waals surface area (Å²) in [5.41, 5.74) is 2.77. The number of rotatable bonds is 3. The first-order valence-electron chi connectivity index (χ1n) is 7.24. The monoisotopic (exact) mass is 293 g/mol. The second-order valence-corrected chi connectivity index (χ2v) is 5.22. The number of anilines is 1. The van der Waals surface area contributed by atoms with Crippen molar-refractivity contribution in [2.75, 3.05) is 11.6 Å². The summed E-state index contributed by atoms with van der Waals surface area (Å²) in [6.07, 6.45) is 0.515. The molecule has 4 rings (SSSR count). The highest BCUT2D eigenvalue weighted by Gasteiger charge is 2.29. The minimum atomic E-state index is 0.100. The Labute approximate surface area is 127 Å². The van der Waals surface area contributed by atoms with Crippen molar-refractivity contribution in [1.82, 2.24) is 20.0 Å². The Hall–Kier alpha value is -2.89. The van der Waals surface area contributed by atoms with Crippen LogP contribution in [0.4, 0.5) is 5.69 Å². The molecule has 0 unspecified atom stereocenters. The van der Waals surface area contributed by atoms with Crippen molar-refractivity contribution in [3.8, 4) is 0 Å². The highest BCUT2D eigenvalue weighted by molar-refractivity contribution is 5.82. The van der Waals surface area contributed by atoms with E-state index < -0.39 is 0 Å². The second kappa shape index (κ2) is 5.14. The first-order valence-corrected chi connectivity index (χ1v) is 7.24. The highest BCUT2D eigenvalue weighted by Crippen LogP contribution is 2.23. The molecule has 1 saturated heterocycles. The van der Waals surface area contributed by atoms with Crippen LogP contribution in [0.15, 0.2) is 54.6 Å². The minimum absolute atomic E-state index is 0.100. The third-order valence-corrected chi connectivity index (χ3v) is 3.86. The van der Waals surface area contributed by atoms with E-state index in [1.807, 2.05) is 59.6 Å². The molecule has 1 fully saturated rings. The Balaban J connectivity index is 1.66. The summed E-state index contributed by atoms with van der Waals surface area (Å²) in [5.74, 6) is 0.100. The Morgan fingerprint density at radius 3 is 2.64 bits per heavy atom. The van der Waals surface area contributed by atoms with E-state index in [0.29, 0.717) is 19.6 Å². The smallest absolute Gasteiger partial charge is 0.244 e. The molecule has 0 radical (unpaired) electrons. The highest BCUT2D eigenvalue weighted by atomic mass is 16.2. The van der Waals surface area contributed by atoms with Crippen molar-refractivity contribution < 1.29 is 4.79 Å². The molecule has 1 aromatic heterocycles. The fraction of sp³-hybridized carbons (Fsp3) is 0.188. The van der Waals surface area contributed by atoms with Gasteiger partial charge in [-0.2, -0.15) is 0 Å². The number of fused-ring (bicyclic) bond motifs is 1. The molecule has 3 aromatic rings. The lowest BCUT2D eigenvalue weighted by Crippen LogP contribution is -2.40. The summed E-state index contributed by atoms with van der Waals surface area (Å²) in [4.78, 5) is 12.2. The first kappa shape index (κ1) is 12.8. The maximum atomic E-state index is 12.2. The van der Waals surface area contributed by atoms with E-state index >= 15 is 0 Å². The predicted molar refractivity (Wildman–Crippen MR) is 82.8 cm³/mol. The largest absolute Gasteiger partial charge is 0.281 e. The molecule has 2 heterocycles. The normalized spacial score (nSPS) is 15.0. The van der Waals surface area contributed by atoms with Gasteiger partial charge in [-0.15, -0.1) is 5.10 Å². The molecule has 1 aliphatic rings. The summed E-state index contributed by atoms with van der Waals surface area (Å²) in [6, 6.07) is 17.7. The molecule has 1 aliphatic heterocycles. The van der Waals surface area contributed by atoms with Gasteiger partial charge < -0.3 is 0 Å². The Morgan fingerprint density at radius 1 is 1.00 bits per heavy atom. The van der Waals surface area contributed by atoms with Gasteiger partial charge in [0, 0.05) is 13.0 Å². The molecule has 1 amide bonds. The number of hydrogen-bond donors (Lipinski definition) is 0. The number of hydrazine groups is 1. The van der Waals surface area contributed by atoms with Gasteiger partial charge in [0.25, 0.3) is 0 Å². The van der Waals surface area contributed by atoms with Gasteiger partial charge in [-0.25, -0.2) is 9.69 Å². The molecule has 0 spiro atoms. The number of nitrogens with zero attached hydrogens (tertiary/aromatic N) is 5. The van der Waals surface area contributed by atoms with E-state index in [1.54, 1.807) is 9.69 Å². The zero-order valence-corrected chi connectivity index (χ0v) is 12.0. The molecule has 0 atom stereocenters. The molecule has 0 aliphatic carbocycles. The molecule has 0 N–H and O–H groups in total. The van der Waals surface area contributed by atoms with Crippen LogP contribution in [-0.2, 0) is 11.5 Å². The molecule has 0 saturated carbocycles. The van der Waals surface area contributed by atoms with Crippen LogP contribution in [0.25, 0.3) is 11.0 Å². The van der Waals surface area contributed by atoms with Gasteiger partial charge in [-0.3, -0.25) is 9.80 Å². The third kappa shape index (κ3) is 2.09. The van der Waals surface area contributed by atoms with E-state index in [-0.39, 0.29) is 5.91 Å². The van der Waals surface area contributed by atoms with Crippen LogP contribution in [0.3, 0.4) is 0 Å². The second-order valence-electron chi connectivity index (χ2n) is 5.22. The number of para-hydroxylation sites is 2. The van der Waals surface area contributed by atoms with Gasteiger partial charge >= 0.3 is 0 Å². The molecule has 110 valence electrons. The SMILES string of the molecule is O=C1CCN(c2ccccc2)N1Cn1nnc2ccccc21. The molecular weight excluding hydrogens is 278 g/mol. The number of hydrogen-bond acceptors (Lipinski definition) is 4. The number of amides is 1. The van der Waals surface area contributed by atoms with E-state index in [2.05, 4.69) is 10.3 Å². The maximum absolute atomic E-state index is 12.2. The number of carbonyl (C=O) groups is 1. The van der Waals surface area contributed by atoms with Crippen LogP contribution in [0.5, 0.6) is 0 Å². The average molecular weight is 293 g/mol. The van der Waals surface area contributed by atoms with Gasteiger partial charge in [0.05, 0.1) is 11.2 Å². The van der Waals surface area contributed by atoms with E-state index in [9.17, 15) is 4.79 Å². The number of carbonyl (C=O) groups excluding carboxylic acids is 1. The Morgan fingerprint density at radius 2 is 1.77 bits per heavy atom. The summed E-state index contributed by atoms with van der Waals surface area (Å²) >= 11 is 0. The zero-order valence-electron chi connectivity index (χ0n) is 12.0. The van der Waals surface area contributed by atoms with Crippen LogP contribution in [0.1, 0.15) is 6.42 Å². The van der Waals surface area contributed by atoms with Crippen molar-refractivity contribution in [2.45, 2.75) is 13.1 Å². The molecule has 6 heteroatoms. The van der Waals surface area contributed by atoms with E-state index in [0.717, 1.165) is 16.7 Å². The third-order valence-electron chi connectivity index (χ3n) is 3.86. The lowest BCUT2D eigenvalue weighted by atomic mass is 10.3. The first-order chi connectivity index (χ1) is 10.8. The lowest BCUT2D eigenvalue weighted by molar-refractivity contribution is -0.129. The average Bonchev–Trinajstić information content (AvgIpc) is 3.14. The Bertz CT molecular complexity index is 814. The maximum Gasteiger partial charge on any atom is 0.244 e. The zero-order chi connectivity index (χ0) is 14.9. The standard InChI is InChI=1S/C16H15N5O/c22-16-10-11-20(13-6-2-1-3-7-13)21(16)12-19-15-9-5-4-8-14(15)17-18-19/h1-9H,10-12H2. The quantitative estimate of drug-likeness (QED) is 0.741. The molecular formula is C16H15N5O.